The highest BCUT2D eigenvalue weighted by molar-refractivity contribution is 6.36. The van der Waals surface area contributed by atoms with Crippen LogP contribution in [0.4, 0.5) is 5.69 Å². The van der Waals surface area contributed by atoms with Crippen molar-refractivity contribution in [3.63, 3.8) is 0 Å². The van der Waals surface area contributed by atoms with Crippen molar-refractivity contribution < 1.29 is 19.1 Å². The van der Waals surface area contributed by atoms with E-state index < -0.39 is 0 Å². The number of amides is 2. The molecular formula is C21H22Cl2N2O4. The highest BCUT2D eigenvalue weighted by atomic mass is 35.5. The predicted octanol–water partition coefficient (Wildman–Crippen LogP) is 4.40. The summed E-state index contributed by atoms with van der Waals surface area (Å²) in [6.07, 6.45) is 2.03. The van der Waals surface area contributed by atoms with Crippen molar-refractivity contribution in [1.29, 1.82) is 0 Å². The van der Waals surface area contributed by atoms with E-state index in [1.807, 2.05) is 12.1 Å². The Balaban J connectivity index is 1.53. The van der Waals surface area contributed by atoms with Crippen LogP contribution in [0.5, 0.6) is 11.5 Å². The van der Waals surface area contributed by atoms with Crippen LogP contribution >= 0.6 is 23.2 Å². The van der Waals surface area contributed by atoms with Crippen LogP contribution < -0.4 is 14.8 Å². The third-order valence-corrected chi connectivity index (χ3v) is 5.06. The lowest BCUT2D eigenvalue weighted by atomic mass is 10.3. The molecule has 2 aromatic rings. The minimum atomic E-state index is -0.224. The second-order valence-corrected chi connectivity index (χ2v) is 7.52. The molecule has 1 aliphatic rings. The van der Waals surface area contributed by atoms with Gasteiger partial charge in [-0.1, -0.05) is 35.3 Å². The first-order valence-corrected chi connectivity index (χ1v) is 10.0. The maximum absolute atomic E-state index is 12.7. The monoisotopic (exact) mass is 436 g/mol. The van der Waals surface area contributed by atoms with Crippen LogP contribution in [0.1, 0.15) is 19.3 Å². The van der Waals surface area contributed by atoms with Gasteiger partial charge >= 0.3 is 0 Å². The number of nitrogens with one attached hydrogen (secondary N) is 1. The Kier molecular flexibility index (Phi) is 7.23. The van der Waals surface area contributed by atoms with Crippen molar-refractivity contribution in [2.24, 2.45) is 0 Å². The molecule has 0 aliphatic heterocycles. The number of benzene rings is 2. The number of rotatable bonds is 9. The van der Waals surface area contributed by atoms with E-state index in [4.69, 9.17) is 32.7 Å². The predicted molar refractivity (Wildman–Crippen MR) is 113 cm³/mol. The van der Waals surface area contributed by atoms with Gasteiger partial charge in [-0.05, 0) is 43.2 Å². The standard InChI is InChI=1S/C21H22Cl2N2O4/c1-28-18-4-2-3-5-19(18)29-13-21(27)25(15-7-8-15)11-10-20(26)24-17-9-6-14(22)12-16(17)23/h2-6,9,12,15H,7-8,10-11,13H2,1H3,(H,24,26). The molecular weight excluding hydrogens is 415 g/mol. The minimum Gasteiger partial charge on any atom is -0.493 e. The van der Waals surface area contributed by atoms with Gasteiger partial charge in [0.25, 0.3) is 5.91 Å². The number of anilines is 1. The van der Waals surface area contributed by atoms with E-state index in [1.165, 1.54) is 0 Å². The Morgan fingerprint density at radius 3 is 2.52 bits per heavy atom. The third kappa shape index (κ3) is 6.02. The molecule has 3 rings (SSSR count). The molecule has 0 bridgehead atoms. The molecule has 1 fully saturated rings. The lowest BCUT2D eigenvalue weighted by Gasteiger charge is -2.22. The second-order valence-electron chi connectivity index (χ2n) is 6.68. The highest BCUT2D eigenvalue weighted by Crippen LogP contribution is 2.29. The van der Waals surface area contributed by atoms with Crippen LogP contribution in [0, 0.1) is 0 Å². The lowest BCUT2D eigenvalue weighted by Crippen LogP contribution is -2.38. The number of ether oxygens (including phenoxy) is 2. The van der Waals surface area contributed by atoms with E-state index in [1.54, 1.807) is 42.3 Å². The number of nitrogens with zero attached hydrogens (tertiary/aromatic N) is 1. The fourth-order valence-corrected chi connectivity index (χ4v) is 3.34. The molecule has 0 unspecified atom stereocenters. The van der Waals surface area contributed by atoms with Gasteiger partial charge in [-0.25, -0.2) is 0 Å². The number of hydrogen-bond donors (Lipinski definition) is 1. The van der Waals surface area contributed by atoms with Gasteiger partial charge in [0, 0.05) is 24.0 Å². The molecule has 6 nitrogen and oxygen atoms in total. The number of carbonyl (C=O) groups excluding carboxylic acids is 2. The van der Waals surface area contributed by atoms with Gasteiger partial charge < -0.3 is 19.7 Å². The average molecular weight is 437 g/mol. The van der Waals surface area contributed by atoms with Crippen molar-refractivity contribution >= 4 is 40.7 Å². The Hall–Kier alpha value is -2.44. The molecule has 154 valence electrons. The van der Waals surface area contributed by atoms with Gasteiger partial charge in [0.05, 0.1) is 17.8 Å². The molecule has 0 atom stereocenters. The number of para-hydroxylation sites is 2. The van der Waals surface area contributed by atoms with Crippen LogP contribution in [0.3, 0.4) is 0 Å². The smallest absolute Gasteiger partial charge is 0.260 e. The zero-order valence-electron chi connectivity index (χ0n) is 16.0. The molecule has 0 aromatic heterocycles. The molecule has 2 aromatic carbocycles. The Bertz CT molecular complexity index is 887. The van der Waals surface area contributed by atoms with Gasteiger partial charge in [-0.2, -0.15) is 0 Å². The summed E-state index contributed by atoms with van der Waals surface area (Å²) in [5.74, 6) is 0.695. The zero-order valence-corrected chi connectivity index (χ0v) is 17.5. The van der Waals surface area contributed by atoms with Crippen molar-refractivity contribution in [2.45, 2.75) is 25.3 Å². The highest BCUT2D eigenvalue weighted by Gasteiger charge is 2.32. The quantitative estimate of drug-likeness (QED) is 0.632. The minimum absolute atomic E-state index is 0.110. The summed E-state index contributed by atoms with van der Waals surface area (Å²) in [5.41, 5.74) is 0.491. The van der Waals surface area contributed by atoms with E-state index in [-0.39, 0.29) is 30.9 Å². The number of methoxy groups -OCH3 is 1. The summed E-state index contributed by atoms with van der Waals surface area (Å²) in [7, 11) is 1.55. The van der Waals surface area contributed by atoms with Gasteiger partial charge in [0.1, 0.15) is 0 Å². The lowest BCUT2D eigenvalue weighted by molar-refractivity contribution is -0.134. The number of halogens is 2. The molecule has 0 saturated heterocycles. The molecule has 1 N–H and O–H groups in total. The van der Waals surface area contributed by atoms with Gasteiger partial charge in [-0.3, -0.25) is 9.59 Å². The van der Waals surface area contributed by atoms with Crippen molar-refractivity contribution in [2.75, 3.05) is 25.6 Å². The molecule has 8 heteroatoms. The van der Waals surface area contributed by atoms with E-state index in [0.717, 1.165) is 12.8 Å². The summed E-state index contributed by atoms with van der Waals surface area (Å²) >= 11 is 11.9. The van der Waals surface area contributed by atoms with Crippen LogP contribution in [0.2, 0.25) is 10.0 Å². The largest absolute Gasteiger partial charge is 0.493 e. The fraction of sp³-hybridized carbons (Fsp3) is 0.333. The Labute approximate surface area is 179 Å². The molecule has 0 radical (unpaired) electrons. The second kappa shape index (κ2) is 9.85. The molecule has 0 spiro atoms. The maximum atomic E-state index is 12.7. The molecule has 1 aliphatic carbocycles. The summed E-state index contributed by atoms with van der Waals surface area (Å²) in [4.78, 5) is 26.7. The van der Waals surface area contributed by atoms with Crippen LogP contribution in [0.25, 0.3) is 0 Å². The van der Waals surface area contributed by atoms with Crippen LogP contribution in [-0.2, 0) is 9.59 Å². The first-order chi connectivity index (χ1) is 14.0. The number of hydrogen-bond acceptors (Lipinski definition) is 4. The summed E-state index contributed by atoms with van der Waals surface area (Å²) in [6, 6.07) is 12.2. The first-order valence-electron chi connectivity index (χ1n) is 9.28. The van der Waals surface area contributed by atoms with Crippen LogP contribution in [0.15, 0.2) is 42.5 Å². The van der Waals surface area contributed by atoms with E-state index in [0.29, 0.717) is 33.8 Å². The summed E-state index contributed by atoms with van der Waals surface area (Å²) in [6.45, 7) is 0.206. The Morgan fingerprint density at radius 2 is 1.86 bits per heavy atom. The Morgan fingerprint density at radius 1 is 1.14 bits per heavy atom. The topological polar surface area (TPSA) is 67.9 Å². The normalized spacial score (nSPS) is 12.9. The average Bonchev–Trinajstić information content (AvgIpc) is 3.54. The maximum Gasteiger partial charge on any atom is 0.260 e. The van der Waals surface area contributed by atoms with E-state index >= 15 is 0 Å². The third-order valence-electron chi connectivity index (χ3n) is 4.51. The fourth-order valence-electron chi connectivity index (χ4n) is 2.88. The first kappa shape index (κ1) is 21.3. The van der Waals surface area contributed by atoms with Gasteiger partial charge in [-0.15, -0.1) is 0 Å². The van der Waals surface area contributed by atoms with Crippen molar-refractivity contribution in [3.8, 4) is 11.5 Å². The van der Waals surface area contributed by atoms with Crippen LogP contribution in [-0.4, -0.2) is 43.0 Å². The molecule has 2 amide bonds. The SMILES string of the molecule is COc1ccccc1OCC(=O)N(CCC(=O)Nc1ccc(Cl)cc1Cl)C1CC1. The molecule has 0 heterocycles. The molecule has 1 saturated carbocycles. The van der Waals surface area contributed by atoms with Gasteiger partial charge in [0.2, 0.25) is 5.91 Å². The van der Waals surface area contributed by atoms with Gasteiger partial charge in [0.15, 0.2) is 18.1 Å². The van der Waals surface area contributed by atoms with Crippen molar-refractivity contribution in [3.05, 3.63) is 52.5 Å². The summed E-state index contributed by atoms with van der Waals surface area (Å²) < 4.78 is 10.9. The van der Waals surface area contributed by atoms with E-state index in [9.17, 15) is 9.59 Å². The van der Waals surface area contributed by atoms with Crippen molar-refractivity contribution in [1.82, 2.24) is 4.90 Å². The summed E-state index contributed by atoms with van der Waals surface area (Å²) in [5, 5.41) is 3.61. The molecule has 29 heavy (non-hydrogen) atoms. The van der Waals surface area contributed by atoms with E-state index in [2.05, 4.69) is 5.32 Å². The number of carbonyl (C=O) groups is 2. The zero-order chi connectivity index (χ0) is 20.8.